The van der Waals surface area contributed by atoms with Crippen molar-refractivity contribution in [3.05, 3.63) is 110 Å². The summed E-state index contributed by atoms with van der Waals surface area (Å²) in [7, 11) is 0. The fraction of sp³-hybridized carbons (Fsp3) is 0.160. The first kappa shape index (κ1) is 19.7. The van der Waals surface area contributed by atoms with Gasteiger partial charge in [0.15, 0.2) is 5.78 Å². The number of ketones is 1. The second-order valence-electron chi connectivity index (χ2n) is 7.60. The number of hydrogen-bond acceptors (Lipinski definition) is 3. The molecule has 0 bridgehead atoms. The van der Waals surface area contributed by atoms with Gasteiger partial charge >= 0.3 is 0 Å². The Labute approximate surface area is 173 Å². The van der Waals surface area contributed by atoms with E-state index in [1.807, 2.05) is 32.9 Å². The Morgan fingerprint density at radius 3 is 2.53 bits per heavy atom. The first-order chi connectivity index (χ1) is 14.3. The molecule has 0 N–H and O–H groups in total. The van der Waals surface area contributed by atoms with Crippen molar-refractivity contribution in [2.75, 3.05) is 0 Å². The lowest BCUT2D eigenvalue weighted by molar-refractivity contribution is 0.103. The summed E-state index contributed by atoms with van der Waals surface area (Å²) in [6.07, 6.45) is 1.55. The van der Waals surface area contributed by atoms with E-state index in [4.69, 9.17) is 0 Å². The number of carbonyl (C=O) groups excluding carboxylic acids is 1. The molecule has 0 spiro atoms. The van der Waals surface area contributed by atoms with Crippen LogP contribution in [0.3, 0.4) is 0 Å². The second kappa shape index (κ2) is 7.67. The summed E-state index contributed by atoms with van der Waals surface area (Å²) in [6, 6.07) is 15.2. The van der Waals surface area contributed by atoms with Crippen molar-refractivity contribution in [2.24, 2.45) is 0 Å². The van der Waals surface area contributed by atoms with Gasteiger partial charge in [0, 0.05) is 24.0 Å². The average Bonchev–Trinajstić information content (AvgIpc) is 2.69. The predicted molar refractivity (Wildman–Crippen MR) is 116 cm³/mol. The average molecular weight is 400 g/mol. The van der Waals surface area contributed by atoms with Crippen molar-refractivity contribution in [1.82, 2.24) is 9.55 Å². The smallest absolute Gasteiger partial charge is 0.202 e. The predicted octanol–water partition coefficient (Wildman–Crippen LogP) is 4.74. The number of carbonyl (C=O) groups is 1. The normalized spacial score (nSPS) is 11.1. The molecule has 2 heterocycles. The third-order valence-electron chi connectivity index (χ3n) is 5.17. The summed E-state index contributed by atoms with van der Waals surface area (Å²) in [5, 5.41) is 0.368. The van der Waals surface area contributed by atoms with E-state index in [1.54, 1.807) is 41.1 Å². The molecule has 0 aliphatic rings. The van der Waals surface area contributed by atoms with Crippen molar-refractivity contribution >= 4 is 16.8 Å². The number of fused-ring (bicyclic) bond motifs is 1. The van der Waals surface area contributed by atoms with Gasteiger partial charge < -0.3 is 4.57 Å². The van der Waals surface area contributed by atoms with Gasteiger partial charge in [0.1, 0.15) is 11.5 Å². The van der Waals surface area contributed by atoms with Crippen molar-refractivity contribution in [3.8, 4) is 0 Å². The quantitative estimate of drug-likeness (QED) is 0.465. The van der Waals surface area contributed by atoms with Gasteiger partial charge in [-0.1, -0.05) is 35.9 Å². The van der Waals surface area contributed by atoms with E-state index in [0.29, 0.717) is 22.2 Å². The fourth-order valence-corrected chi connectivity index (χ4v) is 3.69. The highest BCUT2D eigenvalue weighted by Gasteiger charge is 2.19. The zero-order chi connectivity index (χ0) is 21.4. The third-order valence-corrected chi connectivity index (χ3v) is 5.17. The van der Waals surface area contributed by atoms with E-state index in [2.05, 4.69) is 4.98 Å². The SMILES string of the molecule is Cc1ccc(C(=O)c2cn(Cc3cccc(F)c3)c3nc(C)ccc3c2=O)c(C)c1. The van der Waals surface area contributed by atoms with E-state index in [0.717, 1.165) is 16.8 Å². The topological polar surface area (TPSA) is 52.0 Å². The first-order valence-corrected chi connectivity index (χ1v) is 9.70. The van der Waals surface area contributed by atoms with Crippen LogP contribution in [0.1, 0.15) is 38.3 Å². The highest BCUT2D eigenvalue weighted by Crippen LogP contribution is 2.18. The molecular weight excluding hydrogens is 379 g/mol. The van der Waals surface area contributed by atoms with Crippen LogP contribution in [0.2, 0.25) is 0 Å². The number of hydrogen-bond donors (Lipinski definition) is 0. The maximum absolute atomic E-state index is 13.7. The molecule has 4 nitrogen and oxygen atoms in total. The van der Waals surface area contributed by atoms with Crippen LogP contribution in [0.15, 0.2) is 65.6 Å². The van der Waals surface area contributed by atoms with E-state index < -0.39 is 0 Å². The van der Waals surface area contributed by atoms with Crippen molar-refractivity contribution in [2.45, 2.75) is 27.3 Å². The molecule has 30 heavy (non-hydrogen) atoms. The van der Waals surface area contributed by atoms with Gasteiger partial charge in [-0.2, -0.15) is 0 Å². The van der Waals surface area contributed by atoms with Crippen LogP contribution in [0.25, 0.3) is 11.0 Å². The zero-order valence-electron chi connectivity index (χ0n) is 17.1. The van der Waals surface area contributed by atoms with Gasteiger partial charge in [-0.05, 0) is 56.2 Å². The van der Waals surface area contributed by atoms with Crippen LogP contribution in [-0.2, 0) is 6.54 Å². The Bertz CT molecular complexity index is 1360. The molecule has 0 fully saturated rings. The summed E-state index contributed by atoms with van der Waals surface area (Å²) < 4.78 is 15.4. The van der Waals surface area contributed by atoms with E-state index in [1.165, 1.54) is 12.1 Å². The molecule has 0 unspecified atom stereocenters. The molecule has 0 atom stereocenters. The molecule has 0 aliphatic heterocycles. The molecule has 0 amide bonds. The lowest BCUT2D eigenvalue weighted by Gasteiger charge is -2.14. The van der Waals surface area contributed by atoms with Crippen LogP contribution in [0.4, 0.5) is 4.39 Å². The first-order valence-electron chi connectivity index (χ1n) is 9.70. The molecule has 2 aromatic carbocycles. The highest BCUT2D eigenvalue weighted by atomic mass is 19.1. The minimum absolute atomic E-state index is 0.0801. The Hall–Kier alpha value is -3.60. The molecule has 0 saturated heterocycles. The van der Waals surface area contributed by atoms with Gasteiger partial charge in [0.05, 0.1) is 10.9 Å². The summed E-state index contributed by atoms with van der Waals surface area (Å²) in [5.74, 6) is -0.665. The third kappa shape index (κ3) is 3.66. The van der Waals surface area contributed by atoms with Crippen LogP contribution in [0, 0.1) is 26.6 Å². The lowest BCUT2D eigenvalue weighted by Crippen LogP contribution is -2.21. The summed E-state index contributed by atoms with van der Waals surface area (Å²) >= 11 is 0. The van der Waals surface area contributed by atoms with Crippen molar-refractivity contribution in [3.63, 3.8) is 0 Å². The molecule has 4 rings (SSSR count). The Balaban J connectivity index is 1.92. The fourth-order valence-electron chi connectivity index (χ4n) is 3.69. The Morgan fingerprint density at radius 1 is 1.00 bits per heavy atom. The van der Waals surface area contributed by atoms with E-state index >= 15 is 0 Å². The Morgan fingerprint density at radius 2 is 1.80 bits per heavy atom. The standard InChI is InChI=1S/C25H21FN2O2/c1-15-7-9-20(16(2)11-15)23(29)22-14-28(13-18-5-4-6-19(26)12-18)25-21(24(22)30)10-8-17(3)27-25/h4-12,14H,13H2,1-3H3. The summed E-state index contributed by atoms with van der Waals surface area (Å²) in [6.45, 7) is 5.94. The van der Waals surface area contributed by atoms with Gasteiger partial charge in [-0.25, -0.2) is 9.37 Å². The minimum atomic E-state index is -0.349. The molecule has 5 heteroatoms. The maximum Gasteiger partial charge on any atom is 0.202 e. The molecule has 2 aromatic heterocycles. The summed E-state index contributed by atoms with van der Waals surface area (Å²) in [5.41, 5.74) is 4.03. The largest absolute Gasteiger partial charge is 0.327 e. The van der Waals surface area contributed by atoms with Gasteiger partial charge in [0.2, 0.25) is 5.43 Å². The number of pyridine rings is 2. The monoisotopic (exact) mass is 400 g/mol. The molecule has 0 saturated carbocycles. The van der Waals surface area contributed by atoms with E-state index in [9.17, 15) is 14.0 Å². The molecule has 4 aromatic rings. The van der Waals surface area contributed by atoms with Gasteiger partial charge in [-0.15, -0.1) is 0 Å². The molecule has 0 radical (unpaired) electrons. The lowest BCUT2D eigenvalue weighted by atomic mass is 9.97. The maximum atomic E-state index is 13.7. The van der Waals surface area contributed by atoms with Crippen LogP contribution in [-0.4, -0.2) is 15.3 Å². The van der Waals surface area contributed by atoms with Gasteiger partial charge in [0.25, 0.3) is 0 Å². The second-order valence-corrected chi connectivity index (χ2v) is 7.60. The van der Waals surface area contributed by atoms with Crippen molar-refractivity contribution < 1.29 is 9.18 Å². The van der Waals surface area contributed by atoms with Crippen LogP contribution in [0.5, 0.6) is 0 Å². The van der Waals surface area contributed by atoms with Crippen LogP contribution < -0.4 is 5.43 Å². The number of nitrogens with zero attached hydrogens (tertiary/aromatic N) is 2. The molecular formula is C25H21FN2O2. The Kier molecular flexibility index (Phi) is 5.04. The van der Waals surface area contributed by atoms with Crippen LogP contribution >= 0.6 is 0 Å². The molecule has 0 aliphatic carbocycles. The van der Waals surface area contributed by atoms with Crippen molar-refractivity contribution in [1.29, 1.82) is 0 Å². The van der Waals surface area contributed by atoms with Gasteiger partial charge in [-0.3, -0.25) is 9.59 Å². The summed E-state index contributed by atoms with van der Waals surface area (Å²) in [4.78, 5) is 30.9. The van der Waals surface area contributed by atoms with E-state index in [-0.39, 0.29) is 29.1 Å². The number of aromatic nitrogens is 2. The highest BCUT2D eigenvalue weighted by molar-refractivity contribution is 6.10. The minimum Gasteiger partial charge on any atom is -0.327 e. The number of halogens is 1. The zero-order valence-corrected chi connectivity index (χ0v) is 17.1. The number of benzene rings is 2. The number of aryl methyl sites for hydroxylation is 3. The molecule has 150 valence electrons. The number of rotatable bonds is 4.